The number of anilines is 1. The summed E-state index contributed by atoms with van der Waals surface area (Å²) in [4.78, 5) is 18.5. The molecule has 33 heavy (non-hydrogen) atoms. The lowest BCUT2D eigenvalue weighted by Crippen LogP contribution is -2.49. The fourth-order valence-corrected chi connectivity index (χ4v) is 4.93. The molecule has 7 heteroatoms. The zero-order valence-electron chi connectivity index (χ0n) is 19.0. The minimum Gasteiger partial charge on any atom is -0.497 e. The SMILES string of the molecule is COc1ccc(N2CCN(C(CNC(=O)CCSc3ccccc3)c3ccco3)CC2)cc1. The van der Waals surface area contributed by atoms with Crippen LogP contribution in [0.15, 0.2) is 82.3 Å². The normalized spacial score (nSPS) is 15.2. The lowest BCUT2D eigenvalue weighted by Gasteiger charge is -2.39. The summed E-state index contributed by atoms with van der Waals surface area (Å²) in [6, 6.07) is 22.3. The molecule has 0 aliphatic carbocycles. The van der Waals surface area contributed by atoms with Crippen molar-refractivity contribution < 1.29 is 13.9 Å². The largest absolute Gasteiger partial charge is 0.497 e. The fourth-order valence-electron chi connectivity index (χ4n) is 4.05. The minimum atomic E-state index is 0.0312. The third kappa shape index (κ3) is 6.55. The van der Waals surface area contributed by atoms with Crippen LogP contribution in [0.2, 0.25) is 0 Å². The molecule has 1 saturated heterocycles. The average Bonchev–Trinajstić information content (AvgIpc) is 3.40. The number of carbonyl (C=O) groups excluding carboxylic acids is 1. The van der Waals surface area contributed by atoms with Crippen molar-refractivity contribution in [2.45, 2.75) is 17.4 Å². The quantitative estimate of drug-likeness (QED) is 0.447. The van der Waals surface area contributed by atoms with Crippen molar-refractivity contribution in [3.8, 4) is 5.75 Å². The van der Waals surface area contributed by atoms with Gasteiger partial charge in [-0.2, -0.15) is 0 Å². The Bertz CT molecular complexity index is 972. The summed E-state index contributed by atoms with van der Waals surface area (Å²) >= 11 is 1.71. The monoisotopic (exact) mass is 465 g/mol. The lowest BCUT2D eigenvalue weighted by atomic mass is 10.1. The highest BCUT2D eigenvalue weighted by Gasteiger charge is 2.27. The van der Waals surface area contributed by atoms with E-state index in [1.165, 1.54) is 10.6 Å². The molecule has 0 spiro atoms. The second kappa shape index (κ2) is 11.8. The molecule has 0 bridgehead atoms. The van der Waals surface area contributed by atoms with Gasteiger partial charge in [0.25, 0.3) is 0 Å². The van der Waals surface area contributed by atoms with Gasteiger partial charge in [-0.1, -0.05) is 18.2 Å². The van der Waals surface area contributed by atoms with Gasteiger partial charge in [0.15, 0.2) is 0 Å². The summed E-state index contributed by atoms with van der Waals surface area (Å²) in [5.41, 5.74) is 1.20. The number of carbonyl (C=O) groups is 1. The molecule has 3 aromatic rings. The maximum atomic E-state index is 12.5. The van der Waals surface area contributed by atoms with Gasteiger partial charge in [0.05, 0.1) is 19.4 Å². The first kappa shape index (κ1) is 23.3. The second-order valence-corrected chi connectivity index (χ2v) is 9.14. The van der Waals surface area contributed by atoms with Crippen LogP contribution in [0.3, 0.4) is 0 Å². The number of methoxy groups -OCH3 is 1. The highest BCUT2D eigenvalue weighted by atomic mass is 32.2. The number of hydrogen-bond donors (Lipinski definition) is 1. The molecule has 2 heterocycles. The molecule has 174 valence electrons. The van der Waals surface area contributed by atoms with E-state index in [1.54, 1.807) is 25.1 Å². The maximum Gasteiger partial charge on any atom is 0.220 e. The molecule has 1 aliphatic rings. The van der Waals surface area contributed by atoms with Crippen LogP contribution in [-0.4, -0.2) is 56.4 Å². The number of thioether (sulfide) groups is 1. The van der Waals surface area contributed by atoms with E-state index in [4.69, 9.17) is 9.15 Å². The summed E-state index contributed by atoms with van der Waals surface area (Å²) < 4.78 is 11.0. The van der Waals surface area contributed by atoms with Crippen LogP contribution in [0.4, 0.5) is 5.69 Å². The predicted octanol–water partition coefficient (Wildman–Crippen LogP) is 4.45. The van der Waals surface area contributed by atoms with Crippen molar-refractivity contribution in [3.05, 3.63) is 78.8 Å². The number of hydrogen-bond acceptors (Lipinski definition) is 6. The van der Waals surface area contributed by atoms with Crippen molar-refractivity contribution in [2.75, 3.05) is 50.5 Å². The van der Waals surface area contributed by atoms with Gasteiger partial charge in [-0.25, -0.2) is 0 Å². The molecule has 1 fully saturated rings. The van der Waals surface area contributed by atoms with E-state index >= 15 is 0 Å². The van der Waals surface area contributed by atoms with Crippen molar-refractivity contribution in [1.82, 2.24) is 10.2 Å². The summed E-state index contributed by atoms with van der Waals surface area (Å²) in [5.74, 6) is 2.61. The van der Waals surface area contributed by atoms with E-state index in [2.05, 4.69) is 39.4 Å². The Balaban J connectivity index is 1.28. The molecular formula is C26H31N3O3S. The Morgan fingerprint density at radius 3 is 2.45 bits per heavy atom. The molecule has 6 nitrogen and oxygen atoms in total. The lowest BCUT2D eigenvalue weighted by molar-refractivity contribution is -0.121. The van der Waals surface area contributed by atoms with Crippen molar-refractivity contribution >= 4 is 23.4 Å². The van der Waals surface area contributed by atoms with Gasteiger partial charge in [-0.3, -0.25) is 9.69 Å². The van der Waals surface area contributed by atoms with Gasteiger partial charge in [0.1, 0.15) is 11.5 Å². The van der Waals surface area contributed by atoms with E-state index in [0.29, 0.717) is 13.0 Å². The van der Waals surface area contributed by atoms with E-state index in [0.717, 1.165) is 43.4 Å². The van der Waals surface area contributed by atoms with Crippen molar-refractivity contribution in [1.29, 1.82) is 0 Å². The highest BCUT2D eigenvalue weighted by Crippen LogP contribution is 2.25. The number of benzene rings is 2. The maximum absolute atomic E-state index is 12.5. The second-order valence-electron chi connectivity index (χ2n) is 7.97. The van der Waals surface area contributed by atoms with E-state index in [-0.39, 0.29) is 11.9 Å². The van der Waals surface area contributed by atoms with Gasteiger partial charge in [-0.05, 0) is 48.5 Å². The molecule has 1 atom stereocenters. The van der Waals surface area contributed by atoms with Gasteiger partial charge in [-0.15, -0.1) is 11.8 Å². The fraction of sp³-hybridized carbons (Fsp3) is 0.346. The van der Waals surface area contributed by atoms with Crippen molar-refractivity contribution in [3.63, 3.8) is 0 Å². The molecule has 2 aromatic carbocycles. The van der Waals surface area contributed by atoms with Crippen LogP contribution in [0.1, 0.15) is 18.2 Å². The topological polar surface area (TPSA) is 58.0 Å². The first-order valence-corrected chi connectivity index (χ1v) is 12.3. The summed E-state index contributed by atoms with van der Waals surface area (Å²) in [5, 5.41) is 3.13. The zero-order chi connectivity index (χ0) is 22.9. The Labute approximate surface area is 199 Å². The van der Waals surface area contributed by atoms with E-state index in [1.807, 2.05) is 42.5 Å². The Morgan fingerprint density at radius 2 is 1.79 bits per heavy atom. The van der Waals surface area contributed by atoms with Gasteiger partial charge >= 0.3 is 0 Å². The van der Waals surface area contributed by atoms with Crippen LogP contribution in [-0.2, 0) is 4.79 Å². The van der Waals surface area contributed by atoms with E-state index < -0.39 is 0 Å². The number of nitrogens with zero attached hydrogens (tertiary/aromatic N) is 2. The molecule has 1 aromatic heterocycles. The van der Waals surface area contributed by atoms with Crippen LogP contribution in [0.25, 0.3) is 0 Å². The van der Waals surface area contributed by atoms with E-state index in [9.17, 15) is 4.79 Å². The number of piperazine rings is 1. The smallest absolute Gasteiger partial charge is 0.220 e. The van der Waals surface area contributed by atoms with Gasteiger partial charge in [0.2, 0.25) is 5.91 Å². The molecule has 4 rings (SSSR count). The molecule has 1 unspecified atom stereocenters. The molecular weight excluding hydrogens is 434 g/mol. The first-order valence-electron chi connectivity index (χ1n) is 11.3. The molecule has 1 amide bonds. The van der Waals surface area contributed by atoms with Crippen LogP contribution in [0, 0.1) is 0 Å². The summed E-state index contributed by atoms with van der Waals surface area (Å²) in [7, 11) is 1.68. The van der Waals surface area contributed by atoms with Gasteiger partial charge < -0.3 is 19.4 Å². The Hall–Kier alpha value is -2.90. The zero-order valence-corrected chi connectivity index (χ0v) is 19.8. The molecule has 0 radical (unpaired) electrons. The average molecular weight is 466 g/mol. The third-order valence-electron chi connectivity index (χ3n) is 5.90. The number of furan rings is 1. The Kier molecular flexibility index (Phi) is 8.33. The third-order valence-corrected chi connectivity index (χ3v) is 6.91. The van der Waals surface area contributed by atoms with Crippen LogP contribution >= 0.6 is 11.8 Å². The number of rotatable bonds is 10. The van der Waals surface area contributed by atoms with Crippen molar-refractivity contribution in [2.24, 2.45) is 0 Å². The van der Waals surface area contributed by atoms with Gasteiger partial charge in [0, 0.05) is 55.5 Å². The Morgan fingerprint density at radius 1 is 1.03 bits per heavy atom. The number of amides is 1. The summed E-state index contributed by atoms with van der Waals surface area (Å²) in [6.45, 7) is 4.19. The summed E-state index contributed by atoms with van der Waals surface area (Å²) in [6.07, 6.45) is 2.20. The van der Waals surface area contributed by atoms with Crippen LogP contribution < -0.4 is 15.0 Å². The van der Waals surface area contributed by atoms with Crippen LogP contribution in [0.5, 0.6) is 5.75 Å². The molecule has 0 saturated carbocycles. The minimum absolute atomic E-state index is 0.0312. The molecule has 1 N–H and O–H groups in total. The standard InChI is InChI=1S/C26H31N3O3S/c1-31-22-11-9-21(10-12-22)28-14-16-29(17-15-28)24(25-8-5-18-32-25)20-27-26(30)13-19-33-23-6-3-2-4-7-23/h2-12,18,24H,13-17,19-20H2,1H3,(H,27,30). The highest BCUT2D eigenvalue weighted by molar-refractivity contribution is 7.99. The molecule has 1 aliphatic heterocycles. The predicted molar refractivity (Wildman–Crippen MR) is 133 cm³/mol. The number of nitrogens with one attached hydrogen (secondary N) is 1. The number of ether oxygens (including phenoxy) is 1. The first-order chi connectivity index (χ1) is 16.2.